The summed E-state index contributed by atoms with van der Waals surface area (Å²) in [4.78, 5) is 10.1. The molecule has 0 rings (SSSR count). The molecule has 0 heterocycles. The topological polar surface area (TPSA) is 49.3 Å². The minimum Gasteiger partial charge on any atom is -0.465 e. The minimum absolute atomic E-state index is 0.404. The monoisotopic (exact) mass is 167 g/mol. The molecule has 1 amide bonds. The zero-order chi connectivity index (χ0) is 9.40. The van der Waals surface area contributed by atoms with Crippen molar-refractivity contribution in [2.75, 3.05) is 6.54 Å². The van der Waals surface area contributed by atoms with Gasteiger partial charge in [-0.05, 0) is 12.0 Å². The number of allylic oxidation sites excluding steroid dienone is 3. The first-order valence-corrected chi connectivity index (χ1v) is 3.61. The Balaban J connectivity index is 3.73. The molecule has 0 aliphatic carbocycles. The molecule has 0 aromatic carbocycles. The van der Waals surface area contributed by atoms with Crippen molar-refractivity contribution in [1.29, 1.82) is 0 Å². The second kappa shape index (κ2) is 6.22. The molecule has 66 valence electrons. The minimum atomic E-state index is -1.00. The van der Waals surface area contributed by atoms with Gasteiger partial charge in [0.1, 0.15) is 0 Å². The third-order valence-corrected chi connectivity index (χ3v) is 1.28. The highest BCUT2D eigenvalue weighted by Crippen LogP contribution is 2.00. The summed E-state index contributed by atoms with van der Waals surface area (Å²) in [6.07, 6.45) is 4.78. The number of carboxylic acid groups (broad SMARTS) is 1. The van der Waals surface area contributed by atoms with Gasteiger partial charge in [0.15, 0.2) is 0 Å². The molecule has 12 heavy (non-hydrogen) atoms. The van der Waals surface area contributed by atoms with Crippen LogP contribution in [0.25, 0.3) is 0 Å². The van der Waals surface area contributed by atoms with Crippen LogP contribution < -0.4 is 5.32 Å². The lowest BCUT2D eigenvalue weighted by molar-refractivity contribution is 0.194. The Hall–Kier alpha value is -1.51. The fraction of sp³-hybridized carbons (Fsp3) is 0.222. The van der Waals surface area contributed by atoms with E-state index in [0.29, 0.717) is 13.0 Å². The van der Waals surface area contributed by atoms with E-state index in [2.05, 4.69) is 18.5 Å². The fourth-order valence-electron chi connectivity index (χ4n) is 0.719. The Kier molecular flexibility index (Phi) is 5.43. The Morgan fingerprint density at radius 1 is 1.50 bits per heavy atom. The quantitative estimate of drug-likeness (QED) is 0.615. The van der Waals surface area contributed by atoms with E-state index in [1.54, 1.807) is 18.2 Å². The molecule has 0 fully saturated rings. The summed E-state index contributed by atoms with van der Waals surface area (Å²) in [5, 5.41) is 10.5. The van der Waals surface area contributed by atoms with Gasteiger partial charge in [-0.15, -0.1) is 0 Å². The van der Waals surface area contributed by atoms with Crippen LogP contribution in [0.15, 0.2) is 37.0 Å². The van der Waals surface area contributed by atoms with Crippen LogP contribution in [0.4, 0.5) is 4.79 Å². The van der Waals surface area contributed by atoms with Gasteiger partial charge in [0.2, 0.25) is 0 Å². The van der Waals surface area contributed by atoms with Crippen LogP contribution in [0.3, 0.4) is 0 Å². The standard InChI is InChI=1S/C9H13NO2/c1-3-5-8(4-2)6-7-10-9(11)12/h3-5,10H,1-2,6-7H2,(H,11,12). The Labute approximate surface area is 72.1 Å². The van der Waals surface area contributed by atoms with E-state index in [4.69, 9.17) is 5.11 Å². The largest absolute Gasteiger partial charge is 0.465 e. The molecule has 0 aromatic rings. The molecule has 0 unspecified atom stereocenters. The van der Waals surface area contributed by atoms with E-state index < -0.39 is 6.09 Å². The number of amides is 1. The maximum absolute atomic E-state index is 10.1. The second-order valence-electron chi connectivity index (χ2n) is 2.16. The highest BCUT2D eigenvalue weighted by Gasteiger charge is 1.94. The molecule has 0 saturated heterocycles. The first-order chi connectivity index (χ1) is 5.70. The number of rotatable bonds is 5. The zero-order valence-corrected chi connectivity index (χ0v) is 6.92. The highest BCUT2D eigenvalue weighted by molar-refractivity contribution is 5.64. The molecule has 0 saturated carbocycles. The lowest BCUT2D eigenvalue weighted by Crippen LogP contribution is -2.21. The molecule has 0 radical (unpaired) electrons. The molecule has 0 aliphatic rings. The third-order valence-electron chi connectivity index (χ3n) is 1.28. The maximum Gasteiger partial charge on any atom is 0.404 e. The Bertz CT molecular complexity index is 207. The summed E-state index contributed by atoms with van der Waals surface area (Å²) in [7, 11) is 0. The van der Waals surface area contributed by atoms with Crippen LogP contribution in [0.1, 0.15) is 6.42 Å². The summed E-state index contributed by atoms with van der Waals surface area (Å²) in [5.41, 5.74) is 0.971. The van der Waals surface area contributed by atoms with Gasteiger partial charge in [0.25, 0.3) is 0 Å². The lowest BCUT2D eigenvalue weighted by Gasteiger charge is -2.00. The van der Waals surface area contributed by atoms with Crippen molar-refractivity contribution in [2.24, 2.45) is 0 Å². The van der Waals surface area contributed by atoms with Crippen LogP contribution in [0, 0.1) is 0 Å². The molecule has 2 N–H and O–H groups in total. The van der Waals surface area contributed by atoms with Gasteiger partial charge < -0.3 is 10.4 Å². The summed E-state index contributed by atoms with van der Waals surface area (Å²) in [6.45, 7) is 7.52. The Morgan fingerprint density at radius 3 is 2.58 bits per heavy atom. The molecule has 0 aromatic heterocycles. The normalized spacial score (nSPS) is 10.5. The van der Waals surface area contributed by atoms with Crippen LogP contribution >= 0.6 is 0 Å². The highest BCUT2D eigenvalue weighted by atomic mass is 16.4. The van der Waals surface area contributed by atoms with E-state index in [1.807, 2.05) is 0 Å². The maximum atomic E-state index is 10.1. The average molecular weight is 167 g/mol. The van der Waals surface area contributed by atoms with Crippen molar-refractivity contribution in [1.82, 2.24) is 5.32 Å². The smallest absolute Gasteiger partial charge is 0.404 e. The second-order valence-corrected chi connectivity index (χ2v) is 2.16. The van der Waals surface area contributed by atoms with Crippen molar-refractivity contribution in [3.63, 3.8) is 0 Å². The van der Waals surface area contributed by atoms with Gasteiger partial charge in [-0.25, -0.2) is 4.79 Å². The third kappa shape index (κ3) is 5.29. The number of hydrogen-bond donors (Lipinski definition) is 2. The number of hydrogen-bond acceptors (Lipinski definition) is 1. The first-order valence-electron chi connectivity index (χ1n) is 3.61. The molecule has 3 heteroatoms. The van der Waals surface area contributed by atoms with Crippen molar-refractivity contribution in [3.05, 3.63) is 37.0 Å². The molecule has 0 atom stereocenters. The number of carbonyl (C=O) groups is 1. The summed E-state index contributed by atoms with van der Waals surface area (Å²) in [5.74, 6) is 0. The van der Waals surface area contributed by atoms with Crippen LogP contribution in [0.5, 0.6) is 0 Å². The first kappa shape index (κ1) is 10.5. The molecule has 0 aliphatic heterocycles. The number of nitrogens with one attached hydrogen (secondary N) is 1. The summed E-state index contributed by atoms with van der Waals surface area (Å²) >= 11 is 0. The van der Waals surface area contributed by atoms with E-state index in [9.17, 15) is 4.79 Å². The van der Waals surface area contributed by atoms with Gasteiger partial charge in [0, 0.05) is 6.54 Å². The van der Waals surface area contributed by atoms with Crippen LogP contribution in [0.2, 0.25) is 0 Å². The van der Waals surface area contributed by atoms with Crippen molar-refractivity contribution < 1.29 is 9.90 Å². The molecule has 0 spiro atoms. The zero-order valence-electron chi connectivity index (χ0n) is 6.92. The predicted octanol–water partition coefficient (Wildman–Crippen LogP) is 1.94. The van der Waals surface area contributed by atoms with Crippen molar-refractivity contribution in [2.45, 2.75) is 6.42 Å². The fourth-order valence-corrected chi connectivity index (χ4v) is 0.719. The SMILES string of the molecule is C=CC=C(C=C)CCNC(=O)O. The molecule has 0 bridgehead atoms. The van der Waals surface area contributed by atoms with Crippen molar-refractivity contribution in [3.8, 4) is 0 Å². The van der Waals surface area contributed by atoms with E-state index in [-0.39, 0.29) is 0 Å². The van der Waals surface area contributed by atoms with Crippen LogP contribution in [-0.2, 0) is 0 Å². The van der Waals surface area contributed by atoms with Gasteiger partial charge in [-0.1, -0.05) is 31.4 Å². The van der Waals surface area contributed by atoms with E-state index >= 15 is 0 Å². The molecule has 3 nitrogen and oxygen atoms in total. The average Bonchev–Trinajstić information content (AvgIpc) is 2.02. The lowest BCUT2D eigenvalue weighted by atomic mass is 10.2. The molecular formula is C9H13NO2. The van der Waals surface area contributed by atoms with E-state index in [1.165, 1.54) is 0 Å². The van der Waals surface area contributed by atoms with Gasteiger partial charge in [0.05, 0.1) is 0 Å². The summed E-state index contributed by atoms with van der Waals surface area (Å²) in [6, 6.07) is 0. The van der Waals surface area contributed by atoms with Crippen molar-refractivity contribution >= 4 is 6.09 Å². The van der Waals surface area contributed by atoms with Crippen LogP contribution in [-0.4, -0.2) is 17.7 Å². The Morgan fingerprint density at radius 2 is 2.17 bits per heavy atom. The van der Waals surface area contributed by atoms with Gasteiger partial charge in [-0.3, -0.25) is 0 Å². The summed E-state index contributed by atoms with van der Waals surface area (Å²) < 4.78 is 0. The predicted molar refractivity (Wildman–Crippen MR) is 49.1 cm³/mol. The van der Waals surface area contributed by atoms with E-state index in [0.717, 1.165) is 5.57 Å². The van der Waals surface area contributed by atoms with Gasteiger partial charge >= 0.3 is 6.09 Å². The molecular weight excluding hydrogens is 154 g/mol. The van der Waals surface area contributed by atoms with Gasteiger partial charge in [-0.2, -0.15) is 0 Å².